The van der Waals surface area contributed by atoms with Crippen LogP contribution in [-0.2, 0) is 4.74 Å². The van der Waals surface area contributed by atoms with Crippen molar-refractivity contribution >= 4 is 11.7 Å². The van der Waals surface area contributed by atoms with Crippen molar-refractivity contribution in [3.05, 3.63) is 60.2 Å². The van der Waals surface area contributed by atoms with Crippen LogP contribution in [0.5, 0.6) is 0 Å². The number of amides is 1. The van der Waals surface area contributed by atoms with Crippen LogP contribution >= 0.6 is 0 Å². The third-order valence-corrected chi connectivity index (χ3v) is 3.86. The van der Waals surface area contributed by atoms with Crippen LogP contribution in [0.3, 0.4) is 0 Å². The van der Waals surface area contributed by atoms with Gasteiger partial charge in [0.1, 0.15) is 0 Å². The molecule has 0 N–H and O–H groups in total. The molecule has 1 amide bonds. The highest BCUT2D eigenvalue weighted by molar-refractivity contribution is 6.18. The zero-order valence-electron chi connectivity index (χ0n) is 13.3. The predicted octanol–water partition coefficient (Wildman–Crippen LogP) is 3.07. The first-order valence-electron chi connectivity index (χ1n) is 7.22. The van der Waals surface area contributed by atoms with E-state index < -0.39 is 5.72 Å². The lowest BCUT2D eigenvalue weighted by molar-refractivity contribution is -0.0672. The molecule has 4 heteroatoms. The van der Waals surface area contributed by atoms with Gasteiger partial charge in [-0.3, -0.25) is 14.5 Å². The Balaban J connectivity index is 2.72. The first kappa shape index (κ1) is 16.2. The molecule has 1 aromatic rings. The second-order valence-corrected chi connectivity index (χ2v) is 5.76. The molecule has 0 bridgehead atoms. The Kier molecular flexibility index (Phi) is 4.33. The van der Waals surface area contributed by atoms with Crippen molar-refractivity contribution in [2.24, 2.45) is 5.92 Å². The molecule has 0 saturated carbocycles. The molecule has 0 aliphatic carbocycles. The SMILES string of the molecule is C=CC(=C)C1(OC)C(=O)c2ccccc2C(=O)N1CC(C)C. The summed E-state index contributed by atoms with van der Waals surface area (Å²) in [4.78, 5) is 27.5. The number of ether oxygens (including phenoxy) is 1. The lowest BCUT2D eigenvalue weighted by Gasteiger charge is -2.45. The van der Waals surface area contributed by atoms with Gasteiger partial charge in [0.25, 0.3) is 5.91 Å². The Hall–Kier alpha value is -2.20. The maximum atomic E-state index is 13.1. The van der Waals surface area contributed by atoms with E-state index in [-0.39, 0.29) is 17.6 Å². The van der Waals surface area contributed by atoms with Crippen LogP contribution in [0, 0.1) is 5.92 Å². The number of Topliss-reactive ketones (excluding diaryl/α,β-unsaturated/α-hetero) is 1. The summed E-state index contributed by atoms with van der Waals surface area (Å²) in [6, 6.07) is 6.80. The molecule has 1 unspecified atom stereocenters. The highest BCUT2D eigenvalue weighted by atomic mass is 16.5. The van der Waals surface area contributed by atoms with Gasteiger partial charge < -0.3 is 4.74 Å². The first-order valence-corrected chi connectivity index (χ1v) is 7.22. The van der Waals surface area contributed by atoms with E-state index in [1.807, 2.05) is 13.8 Å². The second-order valence-electron chi connectivity index (χ2n) is 5.76. The number of carbonyl (C=O) groups excluding carboxylic acids is 2. The fraction of sp³-hybridized carbons (Fsp3) is 0.333. The minimum Gasteiger partial charge on any atom is -0.348 e. The van der Waals surface area contributed by atoms with Gasteiger partial charge in [-0.2, -0.15) is 0 Å². The number of hydrogen-bond acceptors (Lipinski definition) is 3. The van der Waals surface area contributed by atoms with Crippen LogP contribution in [0.25, 0.3) is 0 Å². The van der Waals surface area contributed by atoms with Gasteiger partial charge in [-0.1, -0.05) is 51.3 Å². The van der Waals surface area contributed by atoms with Crippen LogP contribution in [0.1, 0.15) is 34.6 Å². The van der Waals surface area contributed by atoms with Gasteiger partial charge in [0.2, 0.25) is 11.5 Å². The molecule has 1 atom stereocenters. The number of fused-ring (bicyclic) bond motifs is 1. The van der Waals surface area contributed by atoms with Crippen LogP contribution in [-0.4, -0.2) is 36.0 Å². The highest BCUT2D eigenvalue weighted by Crippen LogP contribution is 2.37. The average Bonchev–Trinajstić information content (AvgIpc) is 2.52. The summed E-state index contributed by atoms with van der Waals surface area (Å²) in [5.74, 6) is -0.335. The molecule has 1 aromatic carbocycles. The number of nitrogens with zero attached hydrogens (tertiary/aromatic N) is 1. The number of hydrogen-bond donors (Lipinski definition) is 0. The quantitative estimate of drug-likeness (QED) is 0.785. The molecule has 4 nitrogen and oxygen atoms in total. The Morgan fingerprint density at radius 3 is 2.41 bits per heavy atom. The van der Waals surface area contributed by atoms with Gasteiger partial charge in [-0.25, -0.2) is 0 Å². The summed E-state index contributed by atoms with van der Waals surface area (Å²) in [5, 5.41) is 0. The van der Waals surface area contributed by atoms with E-state index in [1.165, 1.54) is 18.1 Å². The number of ketones is 1. The van der Waals surface area contributed by atoms with Crippen molar-refractivity contribution in [1.82, 2.24) is 4.90 Å². The van der Waals surface area contributed by atoms with Crippen LogP contribution in [0.15, 0.2) is 49.1 Å². The maximum Gasteiger partial charge on any atom is 0.257 e. The lowest BCUT2D eigenvalue weighted by Crippen LogP contribution is -2.63. The topological polar surface area (TPSA) is 46.6 Å². The summed E-state index contributed by atoms with van der Waals surface area (Å²) < 4.78 is 5.57. The summed E-state index contributed by atoms with van der Waals surface area (Å²) >= 11 is 0. The van der Waals surface area contributed by atoms with Crippen molar-refractivity contribution < 1.29 is 14.3 Å². The lowest BCUT2D eigenvalue weighted by atomic mass is 9.84. The Labute approximate surface area is 131 Å². The highest BCUT2D eigenvalue weighted by Gasteiger charge is 2.53. The minimum atomic E-state index is -1.52. The molecule has 2 rings (SSSR count). The molecule has 0 aromatic heterocycles. The molecular formula is C18H21NO3. The molecule has 0 spiro atoms. The number of carbonyl (C=O) groups is 2. The van der Waals surface area contributed by atoms with E-state index in [1.54, 1.807) is 24.3 Å². The van der Waals surface area contributed by atoms with Crippen molar-refractivity contribution in [2.45, 2.75) is 19.6 Å². The summed E-state index contributed by atoms with van der Waals surface area (Å²) in [5.41, 5.74) is -0.393. The maximum absolute atomic E-state index is 13.1. The smallest absolute Gasteiger partial charge is 0.257 e. The molecule has 1 heterocycles. The number of rotatable bonds is 5. The number of methoxy groups -OCH3 is 1. The molecule has 22 heavy (non-hydrogen) atoms. The molecule has 116 valence electrons. The van der Waals surface area contributed by atoms with Crippen molar-refractivity contribution in [3.63, 3.8) is 0 Å². The summed E-state index contributed by atoms with van der Waals surface area (Å²) in [6.07, 6.45) is 1.47. The van der Waals surface area contributed by atoms with E-state index in [2.05, 4.69) is 13.2 Å². The van der Waals surface area contributed by atoms with Crippen LogP contribution < -0.4 is 0 Å². The zero-order valence-corrected chi connectivity index (χ0v) is 13.3. The van der Waals surface area contributed by atoms with Crippen molar-refractivity contribution in [2.75, 3.05) is 13.7 Å². The van der Waals surface area contributed by atoms with E-state index in [4.69, 9.17) is 4.74 Å². The average molecular weight is 299 g/mol. The van der Waals surface area contributed by atoms with Gasteiger partial charge in [0.15, 0.2) is 0 Å². The Morgan fingerprint density at radius 2 is 1.91 bits per heavy atom. The molecule has 1 aliphatic heterocycles. The monoisotopic (exact) mass is 299 g/mol. The fourth-order valence-electron chi connectivity index (χ4n) is 2.83. The second kappa shape index (κ2) is 5.89. The predicted molar refractivity (Wildman–Crippen MR) is 85.7 cm³/mol. The standard InChI is InChI=1S/C18H21NO3/c1-6-13(4)18(22-5)16(20)14-9-7-8-10-15(14)17(21)19(18)11-12(2)3/h6-10,12H,1,4,11H2,2-3,5H3. The van der Waals surface area contributed by atoms with Crippen molar-refractivity contribution in [3.8, 4) is 0 Å². The summed E-state index contributed by atoms with van der Waals surface area (Å²) in [7, 11) is 1.42. The van der Waals surface area contributed by atoms with Crippen LogP contribution in [0.4, 0.5) is 0 Å². The first-order chi connectivity index (χ1) is 10.4. The molecule has 1 aliphatic rings. The third kappa shape index (κ3) is 2.20. The van der Waals surface area contributed by atoms with E-state index in [0.29, 0.717) is 23.2 Å². The minimum absolute atomic E-state index is 0.175. The van der Waals surface area contributed by atoms with E-state index in [0.717, 1.165) is 0 Å². The normalized spacial score (nSPS) is 21.0. The van der Waals surface area contributed by atoms with Crippen molar-refractivity contribution in [1.29, 1.82) is 0 Å². The van der Waals surface area contributed by atoms with Gasteiger partial charge in [0, 0.05) is 24.8 Å². The molecular weight excluding hydrogens is 278 g/mol. The van der Waals surface area contributed by atoms with Gasteiger partial charge in [-0.15, -0.1) is 0 Å². The largest absolute Gasteiger partial charge is 0.348 e. The van der Waals surface area contributed by atoms with Gasteiger partial charge in [-0.05, 0) is 12.0 Å². The molecule has 0 fully saturated rings. The molecule has 0 saturated heterocycles. The van der Waals surface area contributed by atoms with Gasteiger partial charge in [0.05, 0.1) is 5.56 Å². The fourth-order valence-corrected chi connectivity index (χ4v) is 2.83. The Bertz CT molecular complexity index is 647. The summed E-state index contributed by atoms with van der Waals surface area (Å²) in [6.45, 7) is 11.9. The van der Waals surface area contributed by atoms with E-state index >= 15 is 0 Å². The zero-order chi connectivity index (χ0) is 16.5. The Morgan fingerprint density at radius 1 is 1.32 bits per heavy atom. The van der Waals surface area contributed by atoms with Crippen LogP contribution in [0.2, 0.25) is 0 Å². The number of benzene rings is 1. The van der Waals surface area contributed by atoms with Gasteiger partial charge >= 0.3 is 0 Å². The van der Waals surface area contributed by atoms with E-state index in [9.17, 15) is 9.59 Å². The molecule has 0 radical (unpaired) electrons. The third-order valence-electron chi connectivity index (χ3n) is 3.86.